The lowest BCUT2D eigenvalue weighted by atomic mass is 9.99. The van der Waals surface area contributed by atoms with Crippen LogP contribution in [0.2, 0.25) is 0 Å². The van der Waals surface area contributed by atoms with Crippen LogP contribution in [-0.2, 0) is 9.59 Å². The maximum atomic E-state index is 11.4. The molecule has 156 valence electrons. The van der Waals surface area contributed by atoms with E-state index < -0.39 is 11.9 Å². The van der Waals surface area contributed by atoms with Crippen LogP contribution < -0.4 is 14.2 Å². The fourth-order valence-corrected chi connectivity index (χ4v) is 3.71. The van der Waals surface area contributed by atoms with E-state index >= 15 is 0 Å². The fourth-order valence-electron chi connectivity index (χ4n) is 3.71. The van der Waals surface area contributed by atoms with Crippen molar-refractivity contribution in [1.29, 1.82) is 0 Å². The van der Waals surface area contributed by atoms with E-state index in [0.29, 0.717) is 17.2 Å². The maximum absolute atomic E-state index is 11.4. The number of carbonyl (C=O) groups is 2. The minimum absolute atomic E-state index is 0.0723. The molecule has 0 bridgehead atoms. The zero-order valence-corrected chi connectivity index (χ0v) is 17.7. The molecule has 0 atom stereocenters. The van der Waals surface area contributed by atoms with Gasteiger partial charge in [-0.1, -0.05) is 6.07 Å². The van der Waals surface area contributed by atoms with Gasteiger partial charge in [-0.15, -0.1) is 0 Å². The number of aliphatic carboxylic acids is 1. The highest BCUT2D eigenvalue weighted by atomic mass is 16.6. The molecular weight excluding hydrogens is 384 g/mol. The number of hydrogen-bond acceptors (Lipinski definition) is 5. The summed E-state index contributed by atoms with van der Waals surface area (Å²) in [5.41, 5.74) is 6.03. The fraction of sp³-hybridized carbons (Fsp3) is 0.250. The molecule has 0 fully saturated rings. The topological polar surface area (TPSA) is 82.1 Å². The standard InChI is InChI=1S/C24H24O6/c1-13-8-16(10-22(29-5)24(13)30-15(3)25)9-19-14(2)20(12-23(26)27)21-11-17(28-4)6-7-18(19)21/h6-11H,12H2,1-5H3,(H,26,27)/b19-9-. The Balaban J connectivity index is 2.15. The second-order valence-electron chi connectivity index (χ2n) is 7.11. The van der Waals surface area contributed by atoms with Crippen LogP contribution in [0, 0.1) is 6.92 Å². The van der Waals surface area contributed by atoms with Crippen molar-refractivity contribution in [3.05, 3.63) is 58.2 Å². The summed E-state index contributed by atoms with van der Waals surface area (Å²) < 4.78 is 16.0. The molecule has 1 aliphatic carbocycles. The predicted molar refractivity (Wildman–Crippen MR) is 115 cm³/mol. The zero-order valence-electron chi connectivity index (χ0n) is 17.7. The van der Waals surface area contributed by atoms with Gasteiger partial charge in [0, 0.05) is 6.92 Å². The number of carboxylic acids is 1. The number of fused-ring (bicyclic) bond motifs is 1. The van der Waals surface area contributed by atoms with Gasteiger partial charge in [0.05, 0.1) is 20.6 Å². The Kier molecular flexibility index (Phi) is 5.96. The van der Waals surface area contributed by atoms with E-state index in [1.165, 1.54) is 14.0 Å². The molecular formula is C24H24O6. The first-order valence-electron chi connectivity index (χ1n) is 9.44. The molecule has 0 radical (unpaired) electrons. The van der Waals surface area contributed by atoms with Crippen LogP contribution in [0.3, 0.4) is 0 Å². The molecule has 1 N–H and O–H groups in total. The first kappa shape index (κ1) is 21.2. The largest absolute Gasteiger partial charge is 0.497 e. The van der Waals surface area contributed by atoms with Crippen molar-refractivity contribution in [2.75, 3.05) is 14.2 Å². The summed E-state index contributed by atoms with van der Waals surface area (Å²) in [6.45, 7) is 5.11. The number of hydrogen-bond donors (Lipinski definition) is 1. The quantitative estimate of drug-likeness (QED) is 0.549. The number of rotatable bonds is 6. The summed E-state index contributed by atoms with van der Waals surface area (Å²) in [6, 6.07) is 9.37. The van der Waals surface area contributed by atoms with Gasteiger partial charge in [0.15, 0.2) is 11.5 Å². The Hall–Kier alpha value is -3.54. The van der Waals surface area contributed by atoms with E-state index in [9.17, 15) is 14.7 Å². The van der Waals surface area contributed by atoms with Crippen LogP contribution in [-0.4, -0.2) is 31.3 Å². The molecule has 6 nitrogen and oxygen atoms in total. The molecule has 0 spiro atoms. The second kappa shape index (κ2) is 8.45. The minimum Gasteiger partial charge on any atom is -0.497 e. The van der Waals surface area contributed by atoms with Gasteiger partial charge in [0.2, 0.25) is 0 Å². The number of carbonyl (C=O) groups excluding carboxylic acids is 1. The van der Waals surface area contributed by atoms with Gasteiger partial charge in [0.25, 0.3) is 0 Å². The number of methoxy groups -OCH3 is 2. The molecule has 0 aliphatic heterocycles. The van der Waals surface area contributed by atoms with Gasteiger partial charge in [0.1, 0.15) is 5.75 Å². The van der Waals surface area contributed by atoms with E-state index in [2.05, 4.69) is 0 Å². The maximum Gasteiger partial charge on any atom is 0.308 e. The molecule has 3 rings (SSSR count). The van der Waals surface area contributed by atoms with E-state index in [1.807, 2.05) is 44.2 Å². The number of aryl methyl sites for hydroxylation is 1. The molecule has 0 aromatic heterocycles. The number of benzene rings is 2. The van der Waals surface area contributed by atoms with Crippen LogP contribution in [0.25, 0.3) is 17.2 Å². The van der Waals surface area contributed by atoms with Gasteiger partial charge in [-0.3, -0.25) is 9.59 Å². The average Bonchev–Trinajstić information content (AvgIpc) is 2.94. The van der Waals surface area contributed by atoms with E-state index in [4.69, 9.17) is 14.2 Å². The summed E-state index contributed by atoms with van der Waals surface area (Å²) in [6.07, 6.45) is 1.92. The third-order valence-electron chi connectivity index (χ3n) is 5.07. The van der Waals surface area contributed by atoms with Crippen LogP contribution in [0.15, 0.2) is 35.9 Å². The first-order chi connectivity index (χ1) is 14.2. The minimum atomic E-state index is -0.886. The van der Waals surface area contributed by atoms with Gasteiger partial charge in [-0.25, -0.2) is 0 Å². The van der Waals surface area contributed by atoms with Crippen LogP contribution in [0.1, 0.15) is 42.5 Å². The normalized spacial score (nSPS) is 14.0. The lowest BCUT2D eigenvalue weighted by Crippen LogP contribution is -2.05. The van der Waals surface area contributed by atoms with Crippen LogP contribution >= 0.6 is 0 Å². The van der Waals surface area contributed by atoms with Crippen molar-refractivity contribution in [2.45, 2.75) is 27.2 Å². The Morgan fingerprint density at radius 3 is 2.37 bits per heavy atom. The zero-order chi connectivity index (χ0) is 22.0. The second-order valence-corrected chi connectivity index (χ2v) is 7.11. The number of allylic oxidation sites excluding steroid dienone is 2. The third kappa shape index (κ3) is 4.08. The molecule has 0 saturated heterocycles. The molecule has 2 aromatic rings. The molecule has 0 amide bonds. The van der Waals surface area contributed by atoms with Crippen molar-refractivity contribution < 1.29 is 28.9 Å². The third-order valence-corrected chi connectivity index (χ3v) is 5.07. The Morgan fingerprint density at radius 1 is 1.03 bits per heavy atom. The summed E-state index contributed by atoms with van der Waals surface area (Å²) in [5, 5.41) is 9.38. The Morgan fingerprint density at radius 2 is 1.77 bits per heavy atom. The van der Waals surface area contributed by atoms with E-state index in [1.54, 1.807) is 13.2 Å². The van der Waals surface area contributed by atoms with Gasteiger partial charge in [-0.05, 0) is 83.2 Å². The van der Waals surface area contributed by atoms with Crippen molar-refractivity contribution in [3.63, 3.8) is 0 Å². The van der Waals surface area contributed by atoms with E-state index in [-0.39, 0.29) is 6.42 Å². The lowest BCUT2D eigenvalue weighted by molar-refractivity contribution is -0.136. The molecule has 2 aromatic carbocycles. The molecule has 0 heterocycles. The summed E-state index contributed by atoms with van der Waals surface area (Å²) in [4.78, 5) is 22.8. The van der Waals surface area contributed by atoms with Gasteiger partial charge < -0.3 is 19.3 Å². The molecule has 1 aliphatic rings. The first-order valence-corrected chi connectivity index (χ1v) is 9.44. The van der Waals surface area contributed by atoms with Crippen LogP contribution in [0.5, 0.6) is 17.2 Å². The smallest absolute Gasteiger partial charge is 0.308 e. The van der Waals surface area contributed by atoms with Gasteiger partial charge in [-0.2, -0.15) is 0 Å². The Labute approximate surface area is 175 Å². The molecule has 30 heavy (non-hydrogen) atoms. The monoisotopic (exact) mass is 408 g/mol. The summed E-state index contributed by atoms with van der Waals surface area (Å²) in [7, 11) is 3.10. The van der Waals surface area contributed by atoms with E-state index in [0.717, 1.165) is 39.0 Å². The number of ether oxygens (including phenoxy) is 3. The summed E-state index contributed by atoms with van der Waals surface area (Å²) >= 11 is 0. The molecule has 0 saturated carbocycles. The van der Waals surface area contributed by atoms with Gasteiger partial charge >= 0.3 is 11.9 Å². The highest BCUT2D eigenvalue weighted by molar-refractivity contribution is 6.07. The molecule has 6 heteroatoms. The van der Waals surface area contributed by atoms with Crippen molar-refractivity contribution in [3.8, 4) is 17.2 Å². The SMILES string of the molecule is COc1ccc2c(c1)C(CC(=O)O)=C(C)/C2=C/c1cc(C)c(OC(C)=O)c(OC)c1. The van der Waals surface area contributed by atoms with Crippen molar-refractivity contribution in [1.82, 2.24) is 0 Å². The summed E-state index contributed by atoms with van der Waals surface area (Å²) in [5.74, 6) is 0.217. The molecule has 0 unspecified atom stereocenters. The Bertz CT molecular complexity index is 1090. The highest BCUT2D eigenvalue weighted by Gasteiger charge is 2.26. The lowest BCUT2D eigenvalue weighted by Gasteiger charge is -2.13. The van der Waals surface area contributed by atoms with Crippen molar-refractivity contribution >= 4 is 29.2 Å². The highest BCUT2D eigenvalue weighted by Crippen LogP contribution is 2.45. The number of esters is 1. The van der Waals surface area contributed by atoms with Crippen molar-refractivity contribution in [2.24, 2.45) is 0 Å². The predicted octanol–water partition coefficient (Wildman–Crippen LogP) is 4.74. The van der Waals surface area contributed by atoms with Crippen LogP contribution in [0.4, 0.5) is 0 Å². The average molecular weight is 408 g/mol. The number of carboxylic acid groups (broad SMARTS) is 1.